The van der Waals surface area contributed by atoms with E-state index in [4.69, 9.17) is 0 Å². The lowest BCUT2D eigenvalue weighted by molar-refractivity contribution is -0.396. The summed E-state index contributed by atoms with van der Waals surface area (Å²) < 4.78 is 140. The molecule has 2 N–H and O–H groups in total. The Kier molecular flexibility index (Phi) is 12.1. The van der Waals surface area contributed by atoms with E-state index >= 15 is 4.39 Å². The van der Waals surface area contributed by atoms with E-state index < -0.39 is 61.3 Å². The maximum absolute atomic E-state index is 16.5. The van der Waals surface area contributed by atoms with Gasteiger partial charge in [0.1, 0.15) is 11.9 Å². The van der Waals surface area contributed by atoms with E-state index in [2.05, 4.69) is 11.7 Å². The largest absolute Gasteiger partial charge is 0.508 e. The third-order valence-corrected chi connectivity index (χ3v) is 13.8. The summed E-state index contributed by atoms with van der Waals surface area (Å²) in [7, 11) is 1.04. The molecule has 5 rings (SSSR count). The Labute approximate surface area is 304 Å². The Bertz CT molecular complexity index is 1430. The van der Waals surface area contributed by atoms with E-state index in [-0.39, 0.29) is 52.8 Å². The Morgan fingerprint density at radius 2 is 1.47 bits per heavy atom. The summed E-state index contributed by atoms with van der Waals surface area (Å²) in [5.74, 6) is -20.7. The molecule has 0 saturated heterocycles. The molecule has 0 heterocycles. The molecule has 0 bridgehead atoms. The molecule has 4 aliphatic carbocycles. The second-order valence-electron chi connectivity index (χ2n) is 16.5. The molecule has 0 amide bonds. The summed E-state index contributed by atoms with van der Waals surface area (Å²) in [6.45, 7) is 2.31. The number of aliphatic hydroxyl groups excluding tert-OH is 1. The highest BCUT2D eigenvalue weighted by Crippen LogP contribution is 2.77. The van der Waals surface area contributed by atoms with Gasteiger partial charge in [-0.05, 0) is 110 Å². The van der Waals surface area contributed by atoms with Crippen LogP contribution in [0.25, 0.3) is 0 Å². The zero-order chi connectivity index (χ0) is 39.2. The number of phenolic OH excluding ortho intramolecular Hbond substituents is 1. The summed E-state index contributed by atoms with van der Waals surface area (Å²) in [6, 6.07) is 5.09. The molecule has 1 aromatic rings. The predicted molar refractivity (Wildman–Crippen MR) is 177 cm³/mol. The van der Waals surface area contributed by atoms with Crippen LogP contribution in [0.2, 0.25) is 0 Å². The van der Waals surface area contributed by atoms with E-state index in [9.17, 15) is 54.5 Å². The smallest absolute Gasteiger partial charge is 0.460 e. The molecule has 3 saturated carbocycles. The third kappa shape index (κ3) is 7.53. The van der Waals surface area contributed by atoms with E-state index in [1.165, 1.54) is 0 Å². The van der Waals surface area contributed by atoms with Crippen molar-refractivity contribution in [3.63, 3.8) is 0 Å². The summed E-state index contributed by atoms with van der Waals surface area (Å²) in [4.78, 5) is 12.2. The fourth-order valence-electron chi connectivity index (χ4n) is 10.7. The van der Waals surface area contributed by atoms with Crippen LogP contribution in [0.5, 0.6) is 5.75 Å². The average Bonchev–Trinajstić information content (AvgIpc) is 3.87. The van der Waals surface area contributed by atoms with Gasteiger partial charge in [-0.1, -0.05) is 57.9 Å². The minimum atomic E-state index is -6.94. The summed E-state index contributed by atoms with van der Waals surface area (Å²) in [5, 5.41) is 21.4. The molecule has 8 atom stereocenters. The van der Waals surface area contributed by atoms with E-state index in [1.54, 1.807) is 12.1 Å². The maximum atomic E-state index is 16.5. The number of hydrogen-bond donors (Lipinski definition) is 2. The number of fused-ring (bicyclic) bond motifs is 6. The van der Waals surface area contributed by atoms with Gasteiger partial charge in [-0.3, -0.25) is 4.79 Å². The van der Waals surface area contributed by atoms with Gasteiger partial charge < -0.3 is 14.9 Å². The molecule has 0 aliphatic heterocycles. The molecule has 5 unspecified atom stereocenters. The van der Waals surface area contributed by atoms with Crippen LogP contribution in [0, 0.1) is 34.5 Å². The highest BCUT2D eigenvalue weighted by atomic mass is 19.4. The topological polar surface area (TPSA) is 66.8 Å². The number of ether oxygens (including phenoxy) is 1. The molecular weight excluding hydrogens is 722 g/mol. The van der Waals surface area contributed by atoms with Crippen molar-refractivity contribution >= 4 is 5.97 Å². The summed E-state index contributed by atoms with van der Waals surface area (Å²) in [6.07, 6.45) is -1.01. The molecule has 1 aromatic carbocycles. The summed E-state index contributed by atoms with van der Waals surface area (Å²) in [5.41, 5.74) is 1.52. The third-order valence-electron chi connectivity index (χ3n) is 13.8. The number of carbonyl (C=O) groups excluding carboxylic acids is 1. The van der Waals surface area contributed by atoms with Crippen LogP contribution < -0.4 is 0 Å². The zero-order valence-electron chi connectivity index (χ0n) is 30.3. The molecule has 1 spiro atoms. The van der Waals surface area contributed by atoms with Crippen LogP contribution in [0.4, 0.5) is 43.9 Å². The first-order chi connectivity index (χ1) is 24.7. The number of esters is 1. The number of hydrogen-bond acceptors (Lipinski definition) is 4. The van der Waals surface area contributed by atoms with Gasteiger partial charge >= 0.3 is 29.9 Å². The number of benzene rings is 1. The van der Waals surface area contributed by atoms with Gasteiger partial charge in [0.05, 0.1) is 19.1 Å². The van der Waals surface area contributed by atoms with Gasteiger partial charge in [-0.2, -0.15) is 39.5 Å². The van der Waals surface area contributed by atoms with Gasteiger partial charge in [0.2, 0.25) is 0 Å². The van der Waals surface area contributed by atoms with Crippen molar-refractivity contribution in [2.75, 3.05) is 7.11 Å². The molecule has 4 nitrogen and oxygen atoms in total. The average molecular weight is 775 g/mol. The Morgan fingerprint density at radius 1 is 0.868 bits per heavy atom. The molecule has 3 fully saturated rings. The van der Waals surface area contributed by atoms with Crippen LogP contribution >= 0.6 is 0 Å². The van der Waals surface area contributed by atoms with Crippen molar-refractivity contribution in [2.24, 2.45) is 34.5 Å². The van der Waals surface area contributed by atoms with E-state index in [0.29, 0.717) is 31.2 Å². The standard InChI is InChI=1S/C39H52F10O4/c1-34-18-16-26-25-15-14-24(50)21-28(25)32(40)27(31(26)29(34)22-30(51)35(34)19-20-35)13-9-7-5-3-4-6-8-11-23(33(52)53-2)12-10-17-36(41,42)37(43,44)38(45,46)39(47,48)49/h14-15,21,23,26-27,29-32,50-51H,3-13,16-20,22H2,1-2H3/t23?,26?,27?,29?,30-,31?,32-,34+/m1/s1. The fourth-order valence-corrected chi connectivity index (χ4v) is 10.7. The first kappa shape index (κ1) is 41.9. The van der Waals surface area contributed by atoms with Crippen molar-refractivity contribution < 1.29 is 63.6 Å². The number of rotatable bonds is 17. The molecule has 0 radical (unpaired) electrons. The number of unbranched alkanes of at least 4 members (excludes halogenated alkanes) is 6. The molecule has 302 valence electrons. The predicted octanol–water partition coefficient (Wildman–Crippen LogP) is 11.6. The second-order valence-corrected chi connectivity index (χ2v) is 16.5. The van der Waals surface area contributed by atoms with Crippen LogP contribution in [-0.2, 0) is 9.53 Å². The quantitative estimate of drug-likeness (QED) is 0.0940. The number of carbonyl (C=O) groups is 1. The van der Waals surface area contributed by atoms with Gasteiger partial charge in [0.25, 0.3) is 0 Å². The minimum Gasteiger partial charge on any atom is -0.508 e. The van der Waals surface area contributed by atoms with Gasteiger partial charge in [-0.15, -0.1) is 0 Å². The first-order valence-corrected chi connectivity index (χ1v) is 19.1. The van der Waals surface area contributed by atoms with Crippen molar-refractivity contribution in [2.45, 2.75) is 158 Å². The Balaban J connectivity index is 1.07. The Hall–Kier alpha value is -2.25. The number of aromatic hydroxyl groups is 1. The van der Waals surface area contributed by atoms with Gasteiger partial charge in [0.15, 0.2) is 0 Å². The normalized spacial score (nSPS) is 30.1. The molecule has 0 aromatic heterocycles. The van der Waals surface area contributed by atoms with Gasteiger partial charge in [0, 0.05) is 11.8 Å². The number of methoxy groups -OCH3 is 1. The molecule has 53 heavy (non-hydrogen) atoms. The Morgan fingerprint density at radius 3 is 2.08 bits per heavy atom. The fraction of sp³-hybridized carbons (Fsp3) is 0.821. The minimum absolute atomic E-state index is 0.0129. The van der Waals surface area contributed by atoms with E-state index in [1.807, 2.05) is 6.07 Å². The van der Waals surface area contributed by atoms with Crippen LogP contribution in [0.15, 0.2) is 18.2 Å². The van der Waals surface area contributed by atoms with Crippen molar-refractivity contribution in [3.05, 3.63) is 29.3 Å². The summed E-state index contributed by atoms with van der Waals surface area (Å²) >= 11 is 0. The highest BCUT2D eigenvalue weighted by Gasteiger charge is 2.81. The lowest BCUT2D eigenvalue weighted by Crippen LogP contribution is -2.60. The van der Waals surface area contributed by atoms with Crippen LogP contribution in [-0.4, -0.2) is 53.3 Å². The number of phenols is 1. The van der Waals surface area contributed by atoms with Crippen molar-refractivity contribution in [1.29, 1.82) is 0 Å². The number of aliphatic hydroxyl groups is 1. The lowest BCUT2D eigenvalue weighted by Gasteiger charge is -2.54. The SMILES string of the molecule is COC(=O)C(CCCCCCCCCC1C2C(CC[C@@]3(C)C2C[C@@H](O)C32CC2)c2ccc(O)cc2[C@@H]1F)CCCC(F)(F)C(F)(F)C(F)(F)C(F)(F)F. The molecular formula is C39H52F10O4. The monoisotopic (exact) mass is 774 g/mol. The van der Waals surface area contributed by atoms with E-state index in [0.717, 1.165) is 70.5 Å². The van der Waals surface area contributed by atoms with Gasteiger partial charge in [-0.25, -0.2) is 4.39 Å². The maximum Gasteiger partial charge on any atom is 0.460 e. The number of alkyl halides is 10. The van der Waals surface area contributed by atoms with Crippen LogP contribution in [0.3, 0.4) is 0 Å². The van der Waals surface area contributed by atoms with Crippen LogP contribution in [0.1, 0.15) is 139 Å². The second kappa shape index (κ2) is 15.4. The zero-order valence-corrected chi connectivity index (χ0v) is 30.3. The van der Waals surface area contributed by atoms with Crippen molar-refractivity contribution in [3.8, 4) is 5.75 Å². The highest BCUT2D eigenvalue weighted by molar-refractivity contribution is 5.72. The lowest BCUT2D eigenvalue weighted by atomic mass is 9.50. The van der Waals surface area contributed by atoms with Crippen molar-refractivity contribution in [1.82, 2.24) is 0 Å². The molecule has 4 aliphatic rings. The number of halogens is 10. The molecule has 14 heteroatoms. The first-order valence-electron chi connectivity index (χ1n) is 19.1.